The third kappa shape index (κ3) is 5.10. The third-order valence-corrected chi connectivity index (χ3v) is 8.95. The molecule has 0 bridgehead atoms. The molecule has 1 saturated heterocycles. The molecule has 2 aliphatic rings. The minimum absolute atomic E-state index is 0.0111. The molecule has 0 unspecified atom stereocenters. The monoisotopic (exact) mass is 509 g/mol. The Morgan fingerprint density at radius 2 is 1.82 bits per heavy atom. The summed E-state index contributed by atoms with van der Waals surface area (Å²) in [5.74, 6) is 0.262. The highest BCUT2D eigenvalue weighted by atomic mass is 35.5. The maximum Gasteiger partial charge on any atom is 0.316 e. The van der Waals surface area contributed by atoms with Crippen molar-refractivity contribution in [3.05, 3.63) is 45.8 Å². The molecule has 2 heterocycles. The first-order valence-electron chi connectivity index (χ1n) is 11.7. The van der Waals surface area contributed by atoms with Gasteiger partial charge < -0.3 is 9.64 Å². The molecule has 186 valence electrons. The van der Waals surface area contributed by atoms with Crippen LogP contribution in [0.5, 0.6) is 5.75 Å². The molecule has 2 aromatic rings. The van der Waals surface area contributed by atoms with Crippen molar-refractivity contribution in [2.45, 2.75) is 51.7 Å². The Morgan fingerprint density at radius 1 is 1.15 bits per heavy atom. The van der Waals surface area contributed by atoms with Gasteiger partial charge in [0.1, 0.15) is 5.69 Å². The Kier molecular flexibility index (Phi) is 7.51. The summed E-state index contributed by atoms with van der Waals surface area (Å²) >= 11 is 6.13. The third-order valence-electron chi connectivity index (χ3n) is 6.55. The number of anilines is 1. The van der Waals surface area contributed by atoms with Crippen molar-refractivity contribution in [3.63, 3.8) is 0 Å². The van der Waals surface area contributed by atoms with Crippen molar-refractivity contribution in [1.29, 1.82) is 0 Å². The summed E-state index contributed by atoms with van der Waals surface area (Å²) in [4.78, 5) is 15.5. The van der Waals surface area contributed by atoms with E-state index in [1.165, 1.54) is 13.3 Å². The summed E-state index contributed by atoms with van der Waals surface area (Å²) in [6.45, 7) is 5.21. The predicted octanol–water partition coefficient (Wildman–Crippen LogP) is 2.91. The zero-order valence-corrected chi connectivity index (χ0v) is 21.4. The van der Waals surface area contributed by atoms with Crippen molar-refractivity contribution >= 4 is 27.5 Å². The van der Waals surface area contributed by atoms with Gasteiger partial charge in [0.2, 0.25) is 5.75 Å². The summed E-state index contributed by atoms with van der Waals surface area (Å²) < 4.78 is 36.2. The molecule has 0 spiro atoms. The maximum absolute atomic E-state index is 13.5. The number of ether oxygens (including phenoxy) is 1. The van der Waals surface area contributed by atoms with Crippen LogP contribution >= 0.6 is 11.6 Å². The van der Waals surface area contributed by atoms with Crippen LogP contribution < -0.4 is 15.2 Å². The van der Waals surface area contributed by atoms with Gasteiger partial charge in [-0.15, -0.1) is 0 Å². The summed E-state index contributed by atoms with van der Waals surface area (Å²) in [5, 5.41) is 4.91. The van der Waals surface area contributed by atoms with Crippen molar-refractivity contribution < 1.29 is 13.2 Å². The second-order valence-electron chi connectivity index (χ2n) is 9.08. The van der Waals surface area contributed by atoms with Crippen molar-refractivity contribution in [1.82, 2.24) is 18.4 Å². The first-order chi connectivity index (χ1) is 16.2. The average molecular weight is 510 g/mol. The van der Waals surface area contributed by atoms with E-state index in [-0.39, 0.29) is 23.5 Å². The molecule has 0 radical (unpaired) electrons. The van der Waals surface area contributed by atoms with Crippen LogP contribution in [-0.4, -0.2) is 72.2 Å². The highest BCUT2D eigenvalue weighted by Crippen LogP contribution is 2.30. The Morgan fingerprint density at radius 3 is 2.44 bits per heavy atom. The summed E-state index contributed by atoms with van der Waals surface area (Å²) in [6.07, 6.45) is 5.60. The quantitative estimate of drug-likeness (QED) is 0.570. The first-order valence-corrected chi connectivity index (χ1v) is 13.5. The molecular weight excluding hydrogens is 478 g/mol. The van der Waals surface area contributed by atoms with E-state index >= 15 is 0 Å². The highest BCUT2D eigenvalue weighted by Gasteiger charge is 2.33. The zero-order chi connectivity index (χ0) is 24.5. The van der Waals surface area contributed by atoms with E-state index < -0.39 is 10.2 Å². The molecule has 1 aliphatic carbocycles. The van der Waals surface area contributed by atoms with Crippen LogP contribution in [0.3, 0.4) is 0 Å². The number of piperazine rings is 1. The molecule has 0 amide bonds. The molecule has 9 nitrogen and oxygen atoms in total. The fourth-order valence-electron chi connectivity index (χ4n) is 4.34. The number of nitrogens with zero attached hydrogens (tertiary/aromatic N) is 5. The maximum atomic E-state index is 13.5. The summed E-state index contributed by atoms with van der Waals surface area (Å²) in [5.41, 5.74) is 0.818. The Hall–Kier alpha value is -2.14. The lowest BCUT2D eigenvalue weighted by atomic mass is 10.2. The molecular formula is C23H32ClN5O4S. The number of rotatable bonds is 7. The SMILES string of the molecule is CC(C)N(C)S(=O)(=O)N1CCN(c2cnn(-c3cccc(Cl)c3)c(=O)c2OC2CCCC2)CC1. The van der Waals surface area contributed by atoms with Crippen molar-refractivity contribution in [2.24, 2.45) is 0 Å². The number of halogens is 1. The number of hydrogen-bond donors (Lipinski definition) is 0. The van der Waals surface area contributed by atoms with Crippen LogP contribution in [0.4, 0.5) is 5.69 Å². The Labute approximate surface area is 206 Å². The molecule has 1 aromatic heterocycles. The summed E-state index contributed by atoms with van der Waals surface area (Å²) in [6, 6.07) is 6.84. The van der Waals surface area contributed by atoms with Gasteiger partial charge in [-0.2, -0.15) is 26.8 Å². The van der Waals surface area contributed by atoms with Gasteiger partial charge in [0, 0.05) is 44.3 Å². The molecule has 11 heteroatoms. The van der Waals surface area contributed by atoms with E-state index in [4.69, 9.17) is 16.3 Å². The predicted molar refractivity (Wildman–Crippen MR) is 133 cm³/mol. The van der Waals surface area contributed by atoms with Gasteiger partial charge in [0.05, 0.1) is 18.0 Å². The normalized spacial score (nSPS) is 18.2. The lowest BCUT2D eigenvalue weighted by molar-refractivity contribution is 0.205. The molecule has 1 aromatic carbocycles. The number of hydrogen-bond acceptors (Lipinski definition) is 6. The van der Waals surface area contributed by atoms with Gasteiger partial charge in [-0.1, -0.05) is 17.7 Å². The number of aromatic nitrogens is 2. The van der Waals surface area contributed by atoms with Crippen LogP contribution in [0, 0.1) is 0 Å². The van der Waals surface area contributed by atoms with E-state index in [1.807, 2.05) is 18.7 Å². The Bertz CT molecular complexity index is 1170. The van der Waals surface area contributed by atoms with Gasteiger partial charge in [-0.25, -0.2) is 0 Å². The highest BCUT2D eigenvalue weighted by molar-refractivity contribution is 7.86. The molecule has 1 saturated carbocycles. The minimum atomic E-state index is -3.54. The van der Waals surface area contributed by atoms with Crippen LogP contribution in [-0.2, 0) is 10.2 Å². The molecule has 34 heavy (non-hydrogen) atoms. The second kappa shape index (κ2) is 10.2. The van der Waals surface area contributed by atoms with Crippen molar-refractivity contribution in [3.8, 4) is 11.4 Å². The molecule has 2 fully saturated rings. The lowest BCUT2D eigenvalue weighted by Crippen LogP contribution is -2.53. The molecule has 0 atom stereocenters. The van der Waals surface area contributed by atoms with Crippen molar-refractivity contribution in [2.75, 3.05) is 38.1 Å². The van der Waals surface area contributed by atoms with Crippen LogP contribution in [0.1, 0.15) is 39.5 Å². The zero-order valence-electron chi connectivity index (χ0n) is 19.9. The van der Waals surface area contributed by atoms with Gasteiger partial charge in [0.15, 0.2) is 0 Å². The van der Waals surface area contributed by atoms with Gasteiger partial charge in [-0.3, -0.25) is 4.79 Å². The van der Waals surface area contributed by atoms with Crippen LogP contribution in [0.25, 0.3) is 5.69 Å². The topological polar surface area (TPSA) is 88.0 Å². The summed E-state index contributed by atoms with van der Waals surface area (Å²) in [7, 11) is -1.94. The van der Waals surface area contributed by atoms with E-state index in [9.17, 15) is 13.2 Å². The molecule has 0 N–H and O–H groups in total. The van der Waals surface area contributed by atoms with Gasteiger partial charge in [0.25, 0.3) is 10.2 Å². The standard InChI is InChI=1S/C23H32ClN5O4S/c1-17(2)26(3)34(31,32)28-13-11-27(12-14-28)21-16-25-29(19-8-6-7-18(24)15-19)23(30)22(21)33-20-9-4-5-10-20/h6-8,15-17,20H,4-5,9-14H2,1-3H3. The van der Waals surface area contributed by atoms with E-state index in [0.717, 1.165) is 25.7 Å². The average Bonchev–Trinajstić information content (AvgIpc) is 3.33. The number of benzene rings is 1. The van der Waals surface area contributed by atoms with E-state index in [0.29, 0.717) is 42.6 Å². The Balaban J connectivity index is 1.63. The van der Waals surface area contributed by atoms with Crippen LogP contribution in [0.15, 0.2) is 35.3 Å². The van der Waals surface area contributed by atoms with Gasteiger partial charge >= 0.3 is 5.56 Å². The fraction of sp³-hybridized carbons (Fsp3) is 0.565. The van der Waals surface area contributed by atoms with E-state index in [2.05, 4.69) is 5.10 Å². The fourth-order valence-corrected chi connectivity index (χ4v) is 6.04. The molecule has 1 aliphatic heterocycles. The van der Waals surface area contributed by atoms with Gasteiger partial charge in [-0.05, 0) is 57.7 Å². The van der Waals surface area contributed by atoms with E-state index in [1.54, 1.807) is 37.5 Å². The first kappa shape index (κ1) is 25.0. The minimum Gasteiger partial charge on any atom is -0.483 e. The van der Waals surface area contributed by atoms with Crippen LogP contribution in [0.2, 0.25) is 5.02 Å². The largest absolute Gasteiger partial charge is 0.483 e. The smallest absolute Gasteiger partial charge is 0.316 e. The molecule has 4 rings (SSSR count). The second-order valence-corrected chi connectivity index (χ2v) is 11.5. The lowest BCUT2D eigenvalue weighted by Gasteiger charge is -2.38.